The number of aliphatic imine (C=N–C) groups is 1. The van der Waals surface area contributed by atoms with Crippen molar-refractivity contribution < 1.29 is 0 Å². The standard InChI is InChI=1S/C28H23N/c1-5-13-23(14-6-1)27(24-15-7-2-8-16-24)21-22-29-28(25-17-9-3-10-18-25)26-19-11-4-12-20-26/h1-22,27H/b22-21+. The first-order valence-corrected chi connectivity index (χ1v) is 9.87. The lowest BCUT2D eigenvalue weighted by Crippen LogP contribution is -2.02. The highest BCUT2D eigenvalue weighted by atomic mass is 14.7. The number of hydrogen-bond acceptors (Lipinski definition) is 1. The largest absolute Gasteiger partial charge is 0.256 e. The van der Waals surface area contributed by atoms with Gasteiger partial charge in [-0.05, 0) is 11.1 Å². The molecule has 1 nitrogen and oxygen atoms in total. The zero-order valence-corrected chi connectivity index (χ0v) is 16.2. The number of allylic oxidation sites excluding steroid dienone is 1. The highest BCUT2D eigenvalue weighted by Gasteiger charge is 2.10. The molecule has 0 unspecified atom stereocenters. The molecule has 0 amide bonds. The number of benzene rings is 4. The van der Waals surface area contributed by atoms with E-state index >= 15 is 0 Å². The predicted octanol–water partition coefficient (Wildman–Crippen LogP) is 6.87. The molecule has 0 bridgehead atoms. The number of rotatable bonds is 6. The minimum atomic E-state index is 0.161. The topological polar surface area (TPSA) is 12.4 Å². The van der Waals surface area contributed by atoms with E-state index in [4.69, 9.17) is 4.99 Å². The van der Waals surface area contributed by atoms with E-state index < -0.39 is 0 Å². The van der Waals surface area contributed by atoms with Crippen LogP contribution in [0.2, 0.25) is 0 Å². The fourth-order valence-corrected chi connectivity index (χ4v) is 3.45. The van der Waals surface area contributed by atoms with Crippen LogP contribution in [-0.4, -0.2) is 5.71 Å². The molecule has 0 atom stereocenters. The summed E-state index contributed by atoms with van der Waals surface area (Å²) in [5, 5.41) is 0. The van der Waals surface area contributed by atoms with Gasteiger partial charge >= 0.3 is 0 Å². The summed E-state index contributed by atoms with van der Waals surface area (Å²) in [6.45, 7) is 0. The third kappa shape index (κ3) is 4.77. The molecule has 0 N–H and O–H groups in total. The van der Waals surface area contributed by atoms with Gasteiger partial charge in [0.15, 0.2) is 0 Å². The summed E-state index contributed by atoms with van der Waals surface area (Å²) in [6.07, 6.45) is 4.12. The summed E-state index contributed by atoms with van der Waals surface area (Å²) < 4.78 is 0. The third-order valence-corrected chi connectivity index (χ3v) is 4.89. The van der Waals surface area contributed by atoms with Gasteiger partial charge in [0.2, 0.25) is 0 Å². The van der Waals surface area contributed by atoms with Crippen LogP contribution in [-0.2, 0) is 0 Å². The van der Waals surface area contributed by atoms with Gasteiger partial charge in [-0.2, -0.15) is 0 Å². The van der Waals surface area contributed by atoms with Gasteiger partial charge in [0.1, 0.15) is 0 Å². The van der Waals surface area contributed by atoms with E-state index in [1.165, 1.54) is 11.1 Å². The molecule has 0 fully saturated rings. The molecule has 0 aliphatic heterocycles. The molecule has 0 radical (unpaired) electrons. The average molecular weight is 373 g/mol. The van der Waals surface area contributed by atoms with Crippen LogP contribution in [0.15, 0.2) is 139 Å². The Bertz CT molecular complexity index is 985. The second kappa shape index (κ2) is 9.48. The lowest BCUT2D eigenvalue weighted by molar-refractivity contribution is 1.02. The average Bonchev–Trinajstić information content (AvgIpc) is 2.81. The zero-order valence-electron chi connectivity index (χ0n) is 16.2. The molecule has 4 aromatic carbocycles. The molecule has 0 heterocycles. The Morgan fingerprint density at radius 1 is 0.517 bits per heavy atom. The predicted molar refractivity (Wildman–Crippen MR) is 122 cm³/mol. The molecule has 4 rings (SSSR count). The first-order chi connectivity index (χ1) is 14.4. The van der Waals surface area contributed by atoms with Crippen molar-refractivity contribution >= 4 is 5.71 Å². The fourth-order valence-electron chi connectivity index (χ4n) is 3.45. The van der Waals surface area contributed by atoms with E-state index in [1.807, 2.05) is 42.6 Å². The lowest BCUT2D eigenvalue weighted by Gasteiger charge is -2.13. The summed E-state index contributed by atoms with van der Waals surface area (Å²) >= 11 is 0. The van der Waals surface area contributed by atoms with Gasteiger partial charge in [-0.15, -0.1) is 0 Å². The Labute approximate surface area is 172 Å². The molecule has 140 valence electrons. The maximum Gasteiger partial charge on any atom is 0.0774 e. The fraction of sp³-hybridized carbons (Fsp3) is 0.0357. The minimum Gasteiger partial charge on any atom is -0.256 e. The van der Waals surface area contributed by atoms with E-state index in [0.29, 0.717) is 0 Å². The monoisotopic (exact) mass is 373 g/mol. The molecule has 0 aliphatic rings. The van der Waals surface area contributed by atoms with Gasteiger partial charge in [0.05, 0.1) is 5.71 Å². The van der Waals surface area contributed by atoms with Crippen LogP contribution in [0, 0.1) is 0 Å². The molecule has 0 saturated carbocycles. The van der Waals surface area contributed by atoms with E-state index in [-0.39, 0.29) is 5.92 Å². The highest BCUT2D eigenvalue weighted by Crippen LogP contribution is 2.26. The summed E-state index contributed by atoms with van der Waals surface area (Å²) in [6, 6.07) is 41.8. The first-order valence-electron chi connectivity index (χ1n) is 9.87. The molecular weight excluding hydrogens is 350 g/mol. The Morgan fingerprint density at radius 3 is 1.31 bits per heavy atom. The smallest absolute Gasteiger partial charge is 0.0774 e. The zero-order chi connectivity index (χ0) is 19.7. The Morgan fingerprint density at radius 2 is 0.897 bits per heavy atom. The van der Waals surface area contributed by atoms with Crippen LogP contribution in [0.1, 0.15) is 28.2 Å². The lowest BCUT2D eigenvalue weighted by atomic mass is 9.91. The summed E-state index contributed by atoms with van der Waals surface area (Å²) in [5.41, 5.74) is 5.71. The van der Waals surface area contributed by atoms with Gasteiger partial charge in [-0.1, -0.05) is 127 Å². The molecule has 1 heteroatoms. The molecule has 0 aromatic heterocycles. The van der Waals surface area contributed by atoms with E-state index in [1.54, 1.807) is 0 Å². The van der Waals surface area contributed by atoms with Crippen LogP contribution in [0.4, 0.5) is 0 Å². The quantitative estimate of drug-likeness (QED) is 0.327. The first kappa shape index (κ1) is 18.6. The summed E-state index contributed by atoms with van der Waals surface area (Å²) in [5.74, 6) is 0.161. The molecule has 0 saturated heterocycles. The van der Waals surface area contributed by atoms with Crippen molar-refractivity contribution in [1.82, 2.24) is 0 Å². The molecule has 4 aromatic rings. The summed E-state index contributed by atoms with van der Waals surface area (Å²) in [4.78, 5) is 4.89. The molecule has 0 aliphatic carbocycles. The van der Waals surface area contributed by atoms with Crippen molar-refractivity contribution in [2.75, 3.05) is 0 Å². The third-order valence-electron chi connectivity index (χ3n) is 4.89. The maximum absolute atomic E-state index is 4.89. The minimum absolute atomic E-state index is 0.161. The Kier molecular flexibility index (Phi) is 6.09. The number of hydrogen-bond donors (Lipinski definition) is 0. The van der Waals surface area contributed by atoms with Gasteiger partial charge < -0.3 is 0 Å². The van der Waals surface area contributed by atoms with Gasteiger partial charge in [0.25, 0.3) is 0 Å². The van der Waals surface area contributed by atoms with Crippen molar-refractivity contribution in [2.45, 2.75) is 5.92 Å². The molecular formula is C28H23N. The van der Waals surface area contributed by atoms with E-state index in [2.05, 4.69) is 91.0 Å². The van der Waals surface area contributed by atoms with Crippen molar-refractivity contribution in [2.24, 2.45) is 4.99 Å². The van der Waals surface area contributed by atoms with Crippen LogP contribution in [0.5, 0.6) is 0 Å². The normalized spacial score (nSPS) is 10.9. The highest BCUT2D eigenvalue weighted by molar-refractivity contribution is 6.13. The second-order valence-electron chi connectivity index (χ2n) is 6.85. The van der Waals surface area contributed by atoms with Gasteiger partial charge in [-0.25, -0.2) is 0 Å². The molecule has 29 heavy (non-hydrogen) atoms. The van der Waals surface area contributed by atoms with Crippen molar-refractivity contribution in [1.29, 1.82) is 0 Å². The van der Waals surface area contributed by atoms with Crippen LogP contribution in [0.3, 0.4) is 0 Å². The van der Waals surface area contributed by atoms with E-state index in [0.717, 1.165) is 16.8 Å². The van der Waals surface area contributed by atoms with E-state index in [9.17, 15) is 0 Å². The van der Waals surface area contributed by atoms with Crippen LogP contribution < -0.4 is 0 Å². The maximum atomic E-state index is 4.89. The SMILES string of the molecule is C(=C\C(c1ccccc1)c1ccccc1)/N=C(c1ccccc1)c1ccccc1. The van der Waals surface area contributed by atoms with Gasteiger partial charge in [0, 0.05) is 23.2 Å². The van der Waals surface area contributed by atoms with Crippen molar-refractivity contribution in [3.05, 3.63) is 156 Å². The van der Waals surface area contributed by atoms with Crippen LogP contribution in [0.25, 0.3) is 0 Å². The van der Waals surface area contributed by atoms with Gasteiger partial charge in [-0.3, -0.25) is 4.99 Å². The van der Waals surface area contributed by atoms with Crippen molar-refractivity contribution in [3.8, 4) is 0 Å². The summed E-state index contributed by atoms with van der Waals surface area (Å²) in [7, 11) is 0. The Hall–Kier alpha value is -3.71. The van der Waals surface area contributed by atoms with Crippen molar-refractivity contribution in [3.63, 3.8) is 0 Å². The van der Waals surface area contributed by atoms with Crippen LogP contribution >= 0.6 is 0 Å². The second-order valence-corrected chi connectivity index (χ2v) is 6.85. The number of nitrogens with zero attached hydrogens (tertiary/aromatic N) is 1. The molecule has 0 spiro atoms. The Balaban J connectivity index is 1.72.